The third-order valence-corrected chi connectivity index (χ3v) is 5.35. The van der Waals surface area contributed by atoms with Gasteiger partial charge >= 0.3 is 5.97 Å². The number of hydrogen-bond acceptors (Lipinski definition) is 8. The van der Waals surface area contributed by atoms with Crippen LogP contribution >= 0.6 is 0 Å². The molecular weight excluding hydrogens is 428 g/mol. The van der Waals surface area contributed by atoms with Gasteiger partial charge in [-0.1, -0.05) is 18.2 Å². The SMILES string of the molecule is Cc1nn(-c2ccccc2)nc1C(=O)OCC(=O)N1CCN(c2ccc([N+](=O)[O-])cc2)CC1. The Hall–Kier alpha value is -4.28. The maximum absolute atomic E-state index is 12.5. The summed E-state index contributed by atoms with van der Waals surface area (Å²) in [6, 6.07) is 15.5. The molecule has 1 amide bonds. The van der Waals surface area contributed by atoms with Crippen LogP contribution in [0.1, 0.15) is 16.2 Å². The lowest BCUT2D eigenvalue weighted by Crippen LogP contribution is -2.49. The van der Waals surface area contributed by atoms with E-state index in [-0.39, 0.29) is 23.9 Å². The molecule has 1 aliphatic heterocycles. The number of ether oxygens (including phenoxy) is 1. The molecule has 4 rings (SSSR count). The van der Waals surface area contributed by atoms with Crippen molar-refractivity contribution in [2.45, 2.75) is 6.92 Å². The Labute approximate surface area is 189 Å². The van der Waals surface area contributed by atoms with Crippen LogP contribution in [0.3, 0.4) is 0 Å². The molecule has 1 aliphatic rings. The average Bonchev–Trinajstić information content (AvgIpc) is 3.24. The third-order valence-electron chi connectivity index (χ3n) is 5.35. The number of piperazine rings is 1. The van der Waals surface area contributed by atoms with Crippen molar-refractivity contribution in [3.8, 4) is 5.69 Å². The molecule has 0 atom stereocenters. The van der Waals surface area contributed by atoms with E-state index in [4.69, 9.17) is 4.74 Å². The maximum atomic E-state index is 12.5. The molecule has 0 unspecified atom stereocenters. The van der Waals surface area contributed by atoms with Gasteiger partial charge in [0.25, 0.3) is 11.6 Å². The fourth-order valence-corrected chi connectivity index (χ4v) is 3.53. The maximum Gasteiger partial charge on any atom is 0.361 e. The van der Waals surface area contributed by atoms with E-state index in [1.165, 1.54) is 16.9 Å². The number of para-hydroxylation sites is 1. The van der Waals surface area contributed by atoms with Crippen molar-refractivity contribution in [2.24, 2.45) is 0 Å². The molecule has 0 radical (unpaired) electrons. The molecule has 1 fully saturated rings. The third kappa shape index (κ3) is 4.97. The predicted molar refractivity (Wildman–Crippen MR) is 118 cm³/mol. The highest BCUT2D eigenvalue weighted by Gasteiger charge is 2.24. The smallest absolute Gasteiger partial charge is 0.361 e. The molecule has 0 bridgehead atoms. The number of esters is 1. The van der Waals surface area contributed by atoms with Crippen LogP contribution in [-0.4, -0.2) is 69.5 Å². The second kappa shape index (κ2) is 9.47. The number of amides is 1. The lowest BCUT2D eigenvalue weighted by Gasteiger charge is -2.36. The second-order valence-electron chi connectivity index (χ2n) is 7.48. The summed E-state index contributed by atoms with van der Waals surface area (Å²) < 4.78 is 5.20. The van der Waals surface area contributed by atoms with Gasteiger partial charge in [0.05, 0.1) is 16.3 Å². The van der Waals surface area contributed by atoms with Gasteiger partial charge in [-0.05, 0) is 31.2 Å². The van der Waals surface area contributed by atoms with Crippen LogP contribution in [0.5, 0.6) is 0 Å². The number of rotatable bonds is 6. The molecule has 33 heavy (non-hydrogen) atoms. The van der Waals surface area contributed by atoms with E-state index in [2.05, 4.69) is 10.2 Å². The first kappa shape index (κ1) is 21.9. The summed E-state index contributed by atoms with van der Waals surface area (Å²) in [4.78, 5) is 40.3. The monoisotopic (exact) mass is 450 g/mol. The van der Waals surface area contributed by atoms with Gasteiger partial charge < -0.3 is 14.5 Å². The molecule has 3 aromatic rings. The quantitative estimate of drug-likeness (QED) is 0.317. The Morgan fingerprint density at radius 1 is 0.970 bits per heavy atom. The Morgan fingerprint density at radius 3 is 2.27 bits per heavy atom. The normalized spacial score (nSPS) is 13.6. The van der Waals surface area contributed by atoms with E-state index in [1.807, 2.05) is 35.2 Å². The van der Waals surface area contributed by atoms with Gasteiger partial charge in [-0.25, -0.2) is 4.79 Å². The van der Waals surface area contributed by atoms with Crippen molar-refractivity contribution in [1.82, 2.24) is 19.9 Å². The van der Waals surface area contributed by atoms with Crippen molar-refractivity contribution in [3.05, 3.63) is 76.1 Å². The van der Waals surface area contributed by atoms with Crippen LogP contribution in [0.4, 0.5) is 11.4 Å². The number of hydrogen-bond donors (Lipinski definition) is 0. The summed E-state index contributed by atoms with van der Waals surface area (Å²) in [5, 5.41) is 19.2. The minimum atomic E-state index is -0.701. The number of benzene rings is 2. The zero-order chi connectivity index (χ0) is 23.4. The van der Waals surface area contributed by atoms with Crippen molar-refractivity contribution >= 4 is 23.3 Å². The fourth-order valence-electron chi connectivity index (χ4n) is 3.53. The first-order valence-electron chi connectivity index (χ1n) is 10.4. The van der Waals surface area contributed by atoms with E-state index >= 15 is 0 Å². The number of anilines is 1. The highest BCUT2D eigenvalue weighted by atomic mass is 16.6. The van der Waals surface area contributed by atoms with Crippen molar-refractivity contribution in [2.75, 3.05) is 37.7 Å². The number of non-ortho nitro benzene ring substituents is 1. The van der Waals surface area contributed by atoms with Crippen LogP contribution in [0.15, 0.2) is 54.6 Å². The molecule has 2 aromatic carbocycles. The molecule has 11 heteroatoms. The Morgan fingerprint density at radius 2 is 1.64 bits per heavy atom. The summed E-state index contributed by atoms with van der Waals surface area (Å²) in [7, 11) is 0. The summed E-state index contributed by atoms with van der Waals surface area (Å²) in [5.74, 6) is -0.993. The first-order valence-corrected chi connectivity index (χ1v) is 10.4. The van der Waals surface area contributed by atoms with Crippen molar-refractivity contribution in [1.29, 1.82) is 0 Å². The molecule has 0 aliphatic carbocycles. The molecule has 2 heterocycles. The first-order chi connectivity index (χ1) is 15.9. The number of nitro groups is 1. The fraction of sp³-hybridized carbons (Fsp3) is 0.273. The predicted octanol–water partition coefficient (Wildman–Crippen LogP) is 1.99. The number of nitro benzene ring substituents is 1. The van der Waals surface area contributed by atoms with Crippen molar-refractivity contribution in [3.63, 3.8) is 0 Å². The van der Waals surface area contributed by atoms with E-state index < -0.39 is 10.9 Å². The zero-order valence-corrected chi connectivity index (χ0v) is 18.0. The van der Waals surface area contributed by atoms with E-state index in [1.54, 1.807) is 24.0 Å². The van der Waals surface area contributed by atoms with E-state index in [0.717, 1.165) is 5.69 Å². The largest absolute Gasteiger partial charge is 0.451 e. The number of nitrogens with zero attached hydrogens (tertiary/aromatic N) is 6. The molecule has 1 aromatic heterocycles. The molecular formula is C22H22N6O5. The summed E-state index contributed by atoms with van der Waals surface area (Å²) >= 11 is 0. The number of aryl methyl sites for hydroxylation is 1. The number of aromatic nitrogens is 3. The molecule has 0 spiro atoms. The average molecular weight is 450 g/mol. The van der Waals surface area contributed by atoms with Gasteiger partial charge in [-0.3, -0.25) is 14.9 Å². The lowest BCUT2D eigenvalue weighted by atomic mass is 10.2. The minimum Gasteiger partial charge on any atom is -0.451 e. The van der Waals surface area contributed by atoms with Gasteiger partial charge in [0.2, 0.25) is 0 Å². The van der Waals surface area contributed by atoms with Crippen LogP contribution in [-0.2, 0) is 9.53 Å². The topological polar surface area (TPSA) is 124 Å². The Balaban J connectivity index is 1.29. The summed E-state index contributed by atoms with van der Waals surface area (Å²) in [5.41, 5.74) is 2.08. The lowest BCUT2D eigenvalue weighted by molar-refractivity contribution is -0.384. The van der Waals surface area contributed by atoms with Crippen LogP contribution in [0.2, 0.25) is 0 Å². The summed E-state index contributed by atoms with van der Waals surface area (Å²) in [6.45, 7) is 3.33. The molecule has 11 nitrogen and oxygen atoms in total. The summed E-state index contributed by atoms with van der Waals surface area (Å²) in [6.07, 6.45) is 0. The van der Waals surface area contributed by atoms with E-state index in [0.29, 0.717) is 37.6 Å². The van der Waals surface area contributed by atoms with Gasteiger partial charge in [0.15, 0.2) is 12.3 Å². The highest BCUT2D eigenvalue weighted by molar-refractivity contribution is 5.90. The molecule has 170 valence electrons. The van der Waals surface area contributed by atoms with Gasteiger partial charge in [0, 0.05) is 44.0 Å². The Kier molecular flexibility index (Phi) is 6.29. The van der Waals surface area contributed by atoms with Gasteiger partial charge in [-0.2, -0.15) is 9.90 Å². The molecule has 0 saturated carbocycles. The van der Waals surface area contributed by atoms with Gasteiger partial charge in [0.1, 0.15) is 0 Å². The number of carbonyl (C=O) groups is 2. The Bertz CT molecular complexity index is 1150. The van der Waals surface area contributed by atoms with Gasteiger partial charge in [-0.15, -0.1) is 5.10 Å². The molecule has 1 saturated heterocycles. The van der Waals surface area contributed by atoms with Crippen molar-refractivity contribution < 1.29 is 19.2 Å². The van der Waals surface area contributed by atoms with E-state index in [9.17, 15) is 19.7 Å². The number of carbonyl (C=O) groups excluding carboxylic acids is 2. The minimum absolute atomic E-state index is 0.0356. The zero-order valence-electron chi connectivity index (χ0n) is 18.0. The van der Waals surface area contributed by atoms with Crippen LogP contribution in [0.25, 0.3) is 5.69 Å². The van der Waals surface area contributed by atoms with Crippen LogP contribution in [0, 0.1) is 17.0 Å². The molecule has 0 N–H and O–H groups in total. The highest BCUT2D eigenvalue weighted by Crippen LogP contribution is 2.20. The standard InChI is InChI=1S/C22H22N6O5/c1-16-21(24-27(23-16)18-5-3-2-4-6-18)22(30)33-15-20(29)26-13-11-25(12-14-26)17-7-9-19(10-8-17)28(31)32/h2-10H,11-15H2,1H3. The van der Waals surface area contributed by atoms with Crippen LogP contribution < -0.4 is 4.90 Å². The second-order valence-corrected chi connectivity index (χ2v) is 7.48.